The van der Waals surface area contributed by atoms with E-state index in [1.807, 2.05) is 0 Å². The molecule has 11 heavy (non-hydrogen) atoms. The summed E-state index contributed by atoms with van der Waals surface area (Å²) in [6.07, 6.45) is 1.01. The highest BCUT2D eigenvalue weighted by Gasteiger charge is 1.96. The van der Waals surface area contributed by atoms with E-state index in [9.17, 15) is 4.79 Å². The van der Waals surface area contributed by atoms with Gasteiger partial charge in [-0.2, -0.15) is 4.99 Å². The van der Waals surface area contributed by atoms with Gasteiger partial charge in [-0.05, 0) is 6.92 Å². The Kier molecular flexibility index (Phi) is 4.55. The summed E-state index contributed by atoms with van der Waals surface area (Å²) in [6, 6.07) is 0. The van der Waals surface area contributed by atoms with Gasteiger partial charge in [0.05, 0.1) is 12.9 Å². The molecular weight excluding hydrogens is 148 g/mol. The number of amidine groups is 1. The molecule has 0 aromatic rings. The summed E-state index contributed by atoms with van der Waals surface area (Å²) < 4.78 is 4.44. The SMILES string of the molecule is CCOC(=O)/N=C(N)/C=C/O. The number of aliphatic hydroxyl groups is 1. The third kappa shape index (κ3) is 4.95. The Morgan fingerprint density at radius 1 is 1.82 bits per heavy atom. The van der Waals surface area contributed by atoms with Gasteiger partial charge in [-0.15, -0.1) is 0 Å². The predicted molar refractivity (Wildman–Crippen MR) is 40.4 cm³/mol. The lowest BCUT2D eigenvalue weighted by atomic mass is 10.6. The number of rotatable bonds is 2. The number of hydrogen-bond donors (Lipinski definition) is 2. The monoisotopic (exact) mass is 158 g/mol. The number of hydrogen-bond acceptors (Lipinski definition) is 3. The predicted octanol–water partition coefficient (Wildman–Crippen LogP) is 0.572. The smallest absolute Gasteiger partial charge is 0.435 e. The van der Waals surface area contributed by atoms with E-state index in [0.717, 1.165) is 6.08 Å². The quantitative estimate of drug-likeness (QED) is 0.349. The molecule has 0 bridgehead atoms. The van der Waals surface area contributed by atoms with Crippen LogP contribution in [0.2, 0.25) is 0 Å². The minimum atomic E-state index is -0.761. The van der Waals surface area contributed by atoms with Gasteiger partial charge in [0, 0.05) is 6.08 Å². The van der Waals surface area contributed by atoms with Crippen LogP contribution in [0.25, 0.3) is 0 Å². The topological polar surface area (TPSA) is 84.9 Å². The Bertz CT molecular complexity index is 186. The first kappa shape index (κ1) is 9.48. The highest BCUT2D eigenvalue weighted by molar-refractivity contribution is 5.97. The van der Waals surface area contributed by atoms with Crippen molar-refractivity contribution in [3.63, 3.8) is 0 Å². The summed E-state index contributed by atoms with van der Waals surface area (Å²) >= 11 is 0. The zero-order valence-corrected chi connectivity index (χ0v) is 6.15. The lowest BCUT2D eigenvalue weighted by molar-refractivity contribution is 0.163. The molecule has 0 aromatic carbocycles. The van der Waals surface area contributed by atoms with Crippen molar-refractivity contribution in [3.8, 4) is 0 Å². The molecule has 0 saturated heterocycles. The van der Waals surface area contributed by atoms with Crippen molar-refractivity contribution in [2.75, 3.05) is 6.61 Å². The maximum absolute atomic E-state index is 10.5. The molecule has 0 spiro atoms. The lowest BCUT2D eigenvalue weighted by Crippen LogP contribution is -2.11. The third-order valence-corrected chi connectivity index (χ3v) is 0.733. The van der Waals surface area contributed by atoms with Crippen molar-refractivity contribution < 1.29 is 14.6 Å². The van der Waals surface area contributed by atoms with Crippen LogP contribution in [0.15, 0.2) is 17.3 Å². The molecule has 0 rings (SSSR count). The maximum atomic E-state index is 10.5. The molecule has 0 fully saturated rings. The highest BCUT2D eigenvalue weighted by Crippen LogP contribution is 1.83. The number of carbonyl (C=O) groups is 1. The zero-order valence-electron chi connectivity index (χ0n) is 6.15. The summed E-state index contributed by atoms with van der Waals surface area (Å²) in [4.78, 5) is 13.8. The van der Waals surface area contributed by atoms with E-state index in [1.54, 1.807) is 6.92 Å². The lowest BCUT2D eigenvalue weighted by Gasteiger charge is -1.94. The van der Waals surface area contributed by atoms with Gasteiger partial charge in [0.2, 0.25) is 0 Å². The van der Waals surface area contributed by atoms with Gasteiger partial charge in [0.25, 0.3) is 0 Å². The fourth-order valence-corrected chi connectivity index (χ4v) is 0.375. The molecule has 0 aliphatic heterocycles. The molecule has 1 amide bonds. The number of carbonyl (C=O) groups excluding carboxylic acids is 1. The van der Waals surface area contributed by atoms with Gasteiger partial charge in [-0.1, -0.05) is 0 Å². The van der Waals surface area contributed by atoms with Gasteiger partial charge in [-0.3, -0.25) is 0 Å². The van der Waals surface area contributed by atoms with E-state index < -0.39 is 6.09 Å². The number of aliphatic imine (C=N–C) groups is 1. The molecule has 0 aliphatic rings. The zero-order chi connectivity index (χ0) is 8.69. The molecular formula is C6H10N2O3. The standard InChI is InChI=1S/C6H10N2O3/c1-2-11-6(10)8-5(7)3-4-9/h3-4,9H,2H2,1H3,(H2,7,8,10)/b4-3+. The second kappa shape index (κ2) is 5.28. The van der Waals surface area contributed by atoms with Crippen LogP contribution in [0.5, 0.6) is 0 Å². The van der Waals surface area contributed by atoms with Gasteiger partial charge in [0.15, 0.2) is 0 Å². The fraction of sp³-hybridized carbons (Fsp3) is 0.333. The number of nitrogens with two attached hydrogens (primary N) is 1. The van der Waals surface area contributed by atoms with Crippen molar-refractivity contribution in [2.45, 2.75) is 6.92 Å². The molecule has 0 atom stereocenters. The molecule has 0 saturated carbocycles. The average Bonchev–Trinajstić information content (AvgIpc) is 1.87. The molecule has 0 aliphatic carbocycles. The first-order chi connectivity index (χ1) is 5.20. The van der Waals surface area contributed by atoms with Crippen LogP contribution in [-0.4, -0.2) is 23.6 Å². The Morgan fingerprint density at radius 3 is 2.91 bits per heavy atom. The molecule has 0 radical (unpaired) electrons. The Morgan fingerprint density at radius 2 is 2.45 bits per heavy atom. The molecule has 3 N–H and O–H groups in total. The summed E-state index contributed by atoms with van der Waals surface area (Å²) in [6.45, 7) is 1.91. The largest absolute Gasteiger partial charge is 0.515 e. The summed E-state index contributed by atoms with van der Waals surface area (Å²) in [7, 11) is 0. The molecule has 5 nitrogen and oxygen atoms in total. The molecule has 0 aromatic heterocycles. The molecule has 0 unspecified atom stereocenters. The van der Waals surface area contributed by atoms with Gasteiger partial charge >= 0.3 is 6.09 Å². The van der Waals surface area contributed by atoms with Crippen LogP contribution in [0.1, 0.15) is 6.92 Å². The van der Waals surface area contributed by atoms with Crippen molar-refractivity contribution in [1.82, 2.24) is 0 Å². The number of nitrogens with zero attached hydrogens (tertiary/aromatic N) is 1. The molecule has 5 heteroatoms. The minimum Gasteiger partial charge on any atom is -0.515 e. The second-order valence-corrected chi connectivity index (χ2v) is 1.55. The van der Waals surface area contributed by atoms with Crippen molar-refractivity contribution in [1.29, 1.82) is 0 Å². The van der Waals surface area contributed by atoms with E-state index in [2.05, 4.69) is 9.73 Å². The van der Waals surface area contributed by atoms with Crippen molar-refractivity contribution >= 4 is 11.9 Å². The third-order valence-electron chi connectivity index (χ3n) is 0.733. The van der Waals surface area contributed by atoms with E-state index >= 15 is 0 Å². The average molecular weight is 158 g/mol. The first-order valence-electron chi connectivity index (χ1n) is 3.02. The minimum absolute atomic E-state index is 0.0917. The Hall–Kier alpha value is -1.52. The van der Waals surface area contributed by atoms with Crippen molar-refractivity contribution in [3.05, 3.63) is 12.3 Å². The molecule has 0 heterocycles. The van der Waals surface area contributed by atoms with Crippen LogP contribution in [0, 0.1) is 0 Å². The number of amides is 1. The van der Waals surface area contributed by atoms with Gasteiger partial charge < -0.3 is 15.6 Å². The number of ether oxygens (including phenoxy) is 1. The van der Waals surface area contributed by atoms with Gasteiger partial charge in [-0.25, -0.2) is 4.79 Å². The second-order valence-electron chi connectivity index (χ2n) is 1.55. The number of aliphatic hydroxyl groups excluding tert-OH is 1. The maximum Gasteiger partial charge on any atom is 0.435 e. The summed E-state index contributed by atoms with van der Waals surface area (Å²) in [5.41, 5.74) is 5.12. The van der Waals surface area contributed by atoms with Crippen LogP contribution < -0.4 is 5.73 Å². The van der Waals surface area contributed by atoms with E-state index in [0.29, 0.717) is 6.26 Å². The first-order valence-corrected chi connectivity index (χ1v) is 3.02. The van der Waals surface area contributed by atoms with Crippen LogP contribution in [0.3, 0.4) is 0 Å². The van der Waals surface area contributed by atoms with Crippen LogP contribution in [0.4, 0.5) is 4.79 Å². The van der Waals surface area contributed by atoms with E-state index in [1.165, 1.54) is 0 Å². The van der Waals surface area contributed by atoms with Crippen LogP contribution >= 0.6 is 0 Å². The van der Waals surface area contributed by atoms with E-state index in [4.69, 9.17) is 10.8 Å². The Labute approximate surface area is 64.2 Å². The van der Waals surface area contributed by atoms with Crippen molar-refractivity contribution in [2.24, 2.45) is 10.7 Å². The normalized spacial score (nSPS) is 11.9. The fourth-order valence-electron chi connectivity index (χ4n) is 0.375. The highest BCUT2D eigenvalue weighted by atomic mass is 16.5. The summed E-state index contributed by atoms with van der Waals surface area (Å²) in [5, 5.41) is 8.19. The Balaban J connectivity index is 3.96. The van der Waals surface area contributed by atoms with Gasteiger partial charge in [0.1, 0.15) is 5.84 Å². The van der Waals surface area contributed by atoms with E-state index in [-0.39, 0.29) is 12.4 Å². The molecule has 62 valence electrons. The summed E-state index contributed by atoms with van der Waals surface area (Å²) in [5.74, 6) is -0.0917. The van der Waals surface area contributed by atoms with Crippen LogP contribution in [-0.2, 0) is 4.74 Å².